The molecule has 30 heavy (non-hydrogen) atoms. The Morgan fingerprint density at radius 3 is 2.90 bits per heavy atom. The van der Waals surface area contributed by atoms with Crippen molar-refractivity contribution in [3.63, 3.8) is 0 Å². The van der Waals surface area contributed by atoms with Gasteiger partial charge in [-0.1, -0.05) is 34.1 Å². The van der Waals surface area contributed by atoms with Gasteiger partial charge in [-0.05, 0) is 41.8 Å². The van der Waals surface area contributed by atoms with Crippen molar-refractivity contribution < 1.29 is 4.79 Å². The Hall–Kier alpha value is -3.26. The van der Waals surface area contributed by atoms with Crippen molar-refractivity contribution in [3.8, 4) is 11.3 Å². The molecule has 0 saturated carbocycles. The summed E-state index contributed by atoms with van der Waals surface area (Å²) in [6, 6.07) is 13.9. The summed E-state index contributed by atoms with van der Waals surface area (Å²) in [5.74, 6) is 0.509. The predicted molar refractivity (Wildman–Crippen MR) is 120 cm³/mol. The highest BCUT2D eigenvalue weighted by molar-refractivity contribution is 9.10. The van der Waals surface area contributed by atoms with Gasteiger partial charge in [-0.2, -0.15) is 5.10 Å². The van der Waals surface area contributed by atoms with Crippen LogP contribution in [0.15, 0.2) is 53.3 Å². The van der Waals surface area contributed by atoms with E-state index in [0.717, 1.165) is 44.4 Å². The standard InChI is InChI=1S/C22H19BrN6O/c1-28-22-19(21(24)25-12-26-22)20(27-28)15-5-6-17-14(11-15)7-8-29(17)18(30)10-13-3-2-4-16(23)9-13/h2-6,9,11-12H,7-8,10H2,1H3,(H2,24,25,26). The van der Waals surface area contributed by atoms with E-state index in [1.807, 2.05) is 48.3 Å². The van der Waals surface area contributed by atoms with E-state index in [0.29, 0.717) is 24.4 Å². The first-order chi connectivity index (χ1) is 14.5. The number of aromatic nitrogens is 4. The summed E-state index contributed by atoms with van der Waals surface area (Å²) in [6.45, 7) is 0.680. The molecule has 0 bridgehead atoms. The molecule has 2 aromatic heterocycles. The fourth-order valence-electron chi connectivity index (χ4n) is 4.04. The molecule has 0 atom stereocenters. The van der Waals surface area contributed by atoms with Gasteiger partial charge in [0.15, 0.2) is 5.65 Å². The number of aryl methyl sites for hydroxylation is 1. The largest absolute Gasteiger partial charge is 0.383 e. The molecule has 0 radical (unpaired) electrons. The van der Waals surface area contributed by atoms with Gasteiger partial charge in [0.05, 0.1) is 11.8 Å². The molecular weight excluding hydrogens is 444 g/mol. The molecule has 0 saturated heterocycles. The Labute approximate surface area is 181 Å². The van der Waals surface area contributed by atoms with Crippen LogP contribution in [0.1, 0.15) is 11.1 Å². The highest BCUT2D eigenvalue weighted by Gasteiger charge is 2.26. The van der Waals surface area contributed by atoms with Crippen LogP contribution in [-0.2, 0) is 24.7 Å². The average Bonchev–Trinajstić information content (AvgIpc) is 3.30. The molecular formula is C22H19BrN6O. The second-order valence-electron chi connectivity index (χ2n) is 7.38. The van der Waals surface area contributed by atoms with Gasteiger partial charge in [0.1, 0.15) is 17.8 Å². The second kappa shape index (κ2) is 7.21. The molecule has 3 heterocycles. The van der Waals surface area contributed by atoms with Gasteiger partial charge in [0.2, 0.25) is 5.91 Å². The van der Waals surface area contributed by atoms with E-state index in [1.54, 1.807) is 4.68 Å². The minimum absolute atomic E-state index is 0.0977. The van der Waals surface area contributed by atoms with Gasteiger partial charge in [-0.3, -0.25) is 4.79 Å². The molecule has 4 aromatic rings. The topological polar surface area (TPSA) is 89.9 Å². The van der Waals surface area contributed by atoms with Crippen molar-refractivity contribution in [1.29, 1.82) is 0 Å². The highest BCUT2D eigenvalue weighted by atomic mass is 79.9. The Balaban J connectivity index is 1.47. The smallest absolute Gasteiger partial charge is 0.231 e. The summed E-state index contributed by atoms with van der Waals surface area (Å²) in [7, 11) is 1.84. The molecule has 7 nitrogen and oxygen atoms in total. The van der Waals surface area contributed by atoms with Gasteiger partial charge < -0.3 is 10.6 Å². The highest BCUT2D eigenvalue weighted by Crippen LogP contribution is 2.35. The number of carbonyl (C=O) groups is 1. The third-order valence-corrected chi connectivity index (χ3v) is 5.94. The molecule has 2 aromatic carbocycles. The summed E-state index contributed by atoms with van der Waals surface area (Å²) in [5.41, 5.74) is 11.6. The van der Waals surface area contributed by atoms with Gasteiger partial charge in [-0.25, -0.2) is 14.6 Å². The van der Waals surface area contributed by atoms with Gasteiger partial charge >= 0.3 is 0 Å². The van der Waals surface area contributed by atoms with E-state index in [-0.39, 0.29) is 5.91 Å². The molecule has 1 aliphatic rings. The summed E-state index contributed by atoms with van der Waals surface area (Å²) in [5, 5.41) is 5.36. The molecule has 0 unspecified atom stereocenters. The maximum absolute atomic E-state index is 12.9. The monoisotopic (exact) mass is 462 g/mol. The maximum atomic E-state index is 12.9. The normalized spacial score (nSPS) is 13.1. The summed E-state index contributed by atoms with van der Waals surface area (Å²) in [4.78, 5) is 23.2. The van der Waals surface area contributed by atoms with E-state index < -0.39 is 0 Å². The van der Waals surface area contributed by atoms with Crippen molar-refractivity contribution in [3.05, 3.63) is 64.4 Å². The Morgan fingerprint density at radius 2 is 2.07 bits per heavy atom. The molecule has 0 fully saturated rings. The Morgan fingerprint density at radius 1 is 1.20 bits per heavy atom. The second-order valence-corrected chi connectivity index (χ2v) is 8.29. The van der Waals surface area contributed by atoms with Gasteiger partial charge in [-0.15, -0.1) is 0 Å². The lowest BCUT2D eigenvalue weighted by molar-refractivity contribution is -0.117. The average molecular weight is 463 g/mol. The molecule has 0 spiro atoms. The van der Waals surface area contributed by atoms with E-state index in [4.69, 9.17) is 5.73 Å². The van der Waals surface area contributed by atoms with E-state index >= 15 is 0 Å². The fourth-order valence-corrected chi connectivity index (χ4v) is 4.48. The molecule has 8 heteroatoms. The number of hydrogen-bond acceptors (Lipinski definition) is 5. The lowest BCUT2D eigenvalue weighted by atomic mass is 10.0. The van der Waals surface area contributed by atoms with Crippen LogP contribution in [0.4, 0.5) is 11.5 Å². The molecule has 2 N–H and O–H groups in total. The van der Waals surface area contributed by atoms with E-state index in [1.165, 1.54) is 6.33 Å². The van der Waals surface area contributed by atoms with Crippen molar-refractivity contribution in [1.82, 2.24) is 19.7 Å². The number of fused-ring (bicyclic) bond motifs is 2. The van der Waals surface area contributed by atoms with Crippen LogP contribution in [0.2, 0.25) is 0 Å². The third-order valence-electron chi connectivity index (χ3n) is 5.44. The van der Waals surface area contributed by atoms with Gasteiger partial charge in [0, 0.05) is 29.3 Å². The van der Waals surface area contributed by atoms with Crippen LogP contribution >= 0.6 is 15.9 Å². The van der Waals surface area contributed by atoms with Crippen LogP contribution in [-0.4, -0.2) is 32.2 Å². The van der Waals surface area contributed by atoms with Gasteiger partial charge in [0.25, 0.3) is 0 Å². The quantitative estimate of drug-likeness (QED) is 0.502. The third kappa shape index (κ3) is 3.13. The first-order valence-corrected chi connectivity index (χ1v) is 10.4. The zero-order chi connectivity index (χ0) is 20.8. The number of nitrogens with zero attached hydrogens (tertiary/aromatic N) is 5. The van der Waals surface area contributed by atoms with Crippen LogP contribution in [0.3, 0.4) is 0 Å². The van der Waals surface area contributed by atoms with Crippen LogP contribution in [0.5, 0.6) is 0 Å². The van der Waals surface area contributed by atoms with Crippen molar-refractivity contribution in [2.45, 2.75) is 12.8 Å². The molecule has 5 rings (SSSR count). The number of amides is 1. The number of rotatable bonds is 3. The minimum Gasteiger partial charge on any atom is -0.383 e. The zero-order valence-corrected chi connectivity index (χ0v) is 17.9. The first kappa shape index (κ1) is 18.7. The number of benzene rings is 2. The number of nitrogen functional groups attached to an aromatic ring is 1. The van der Waals surface area contributed by atoms with Crippen molar-refractivity contribution >= 4 is 44.4 Å². The number of hydrogen-bond donors (Lipinski definition) is 1. The molecule has 1 amide bonds. The summed E-state index contributed by atoms with van der Waals surface area (Å²) < 4.78 is 2.69. The van der Waals surface area contributed by atoms with Crippen LogP contribution < -0.4 is 10.6 Å². The SMILES string of the molecule is Cn1nc(-c2ccc3c(c2)CCN3C(=O)Cc2cccc(Br)c2)c2c(N)ncnc21. The fraction of sp³-hybridized carbons (Fsp3) is 0.182. The molecule has 1 aliphatic heterocycles. The number of nitrogens with two attached hydrogens (primary N) is 1. The Kier molecular flexibility index (Phi) is 4.51. The maximum Gasteiger partial charge on any atom is 0.231 e. The van der Waals surface area contributed by atoms with Crippen LogP contribution in [0, 0.1) is 0 Å². The first-order valence-electron chi connectivity index (χ1n) is 9.62. The van der Waals surface area contributed by atoms with Crippen molar-refractivity contribution in [2.24, 2.45) is 7.05 Å². The lowest BCUT2D eigenvalue weighted by Crippen LogP contribution is -2.30. The number of anilines is 2. The van der Waals surface area contributed by atoms with Crippen LogP contribution in [0.25, 0.3) is 22.3 Å². The lowest BCUT2D eigenvalue weighted by Gasteiger charge is -2.17. The van der Waals surface area contributed by atoms with Crippen molar-refractivity contribution in [2.75, 3.05) is 17.2 Å². The molecule has 150 valence electrons. The summed E-state index contributed by atoms with van der Waals surface area (Å²) >= 11 is 3.47. The zero-order valence-electron chi connectivity index (χ0n) is 16.3. The number of halogens is 1. The van der Waals surface area contributed by atoms with E-state index in [2.05, 4.69) is 37.1 Å². The molecule has 0 aliphatic carbocycles. The summed E-state index contributed by atoms with van der Waals surface area (Å²) in [6.07, 6.45) is 2.63. The Bertz CT molecular complexity index is 1300. The minimum atomic E-state index is 0.0977. The predicted octanol–water partition coefficient (Wildman–Crippen LogP) is 3.51. The van der Waals surface area contributed by atoms with E-state index in [9.17, 15) is 4.79 Å². The number of carbonyl (C=O) groups excluding carboxylic acids is 1.